The predicted octanol–water partition coefficient (Wildman–Crippen LogP) is 3.34. The van der Waals surface area contributed by atoms with Gasteiger partial charge in [-0.3, -0.25) is 9.69 Å². The van der Waals surface area contributed by atoms with Crippen molar-refractivity contribution in [1.82, 2.24) is 19.4 Å². The Morgan fingerprint density at radius 1 is 1.25 bits per heavy atom. The highest BCUT2D eigenvalue weighted by Gasteiger charge is 2.29. The first-order valence-corrected chi connectivity index (χ1v) is 10.2. The molecule has 1 amide bonds. The summed E-state index contributed by atoms with van der Waals surface area (Å²) in [5, 5.41) is 0. The van der Waals surface area contributed by atoms with Crippen LogP contribution in [-0.2, 0) is 24.3 Å². The van der Waals surface area contributed by atoms with Crippen LogP contribution in [0.15, 0.2) is 36.7 Å². The monoisotopic (exact) mass is 386 g/mol. The molecule has 0 bridgehead atoms. The number of amides is 1. The summed E-state index contributed by atoms with van der Waals surface area (Å²) in [7, 11) is 0. The van der Waals surface area contributed by atoms with E-state index < -0.39 is 0 Å². The van der Waals surface area contributed by atoms with Gasteiger partial charge in [0, 0.05) is 51.0 Å². The molecule has 1 unspecified atom stereocenters. The van der Waals surface area contributed by atoms with Crippen LogP contribution in [0.2, 0.25) is 0 Å². The number of nitrogens with zero attached hydrogens (tertiary/aromatic N) is 4. The van der Waals surface area contributed by atoms with Gasteiger partial charge in [0.2, 0.25) is 5.91 Å². The van der Waals surface area contributed by atoms with Crippen molar-refractivity contribution in [1.29, 1.82) is 0 Å². The highest BCUT2D eigenvalue weighted by Crippen LogP contribution is 2.20. The maximum Gasteiger partial charge on any atom is 0.242 e. The number of carbonyl (C=O) groups excluding carboxylic acids is 1. The summed E-state index contributed by atoms with van der Waals surface area (Å²) >= 11 is 0. The fourth-order valence-electron chi connectivity index (χ4n) is 3.99. The van der Waals surface area contributed by atoms with Crippen LogP contribution < -0.4 is 0 Å². The normalized spacial score (nSPS) is 18.5. The molecule has 6 heteroatoms. The van der Waals surface area contributed by atoms with Crippen LogP contribution in [-0.4, -0.2) is 50.9 Å². The summed E-state index contributed by atoms with van der Waals surface area (Å²) in [4.78, 5) is 21.7. The van der Waals surface area contributed by atoms with E-state index in [9.17, 15) is 9.18 Å². The summed E-state index contributed by atoms with van der Waals surface area (Å²) in [5.74, 6) is 1.32. The van der Waals surface area contributed by atoms with Gasteiger partial charge in [0.1, 0.15) is 18.2 Å². The van der Waals surface area contributed by atoms with Crippen LogP contribution >= 0.6 is 0 Å². The smallest absolute Gasteiger partial charge is 0.242 e. The van der Waals surface area contributed by atoms with Crippen molar-refractivity contribution in [3.05, 3.63) is 53.9 Å². The molecule has 1 aromatic heterocycles. The predicted molar refractivity (Wildman–Crippen MR) is 108 cm³/mol. The van der Waals surface area contributed by atoms with Gasteiger partial charge in [0.25, 0.3) is 0 Å². The SMILES string of the molecule is CCc1nccn1CC(=O)N1CCCN(Cc2ccc(F)cc2)C(C(C)C)C1. The highest BCUT2D eigenvalue weighted by atomic mass is 19.1. The number of hydrogen-bond donors (Lipinski definition) is 0. The third kappa shape index (κ3) is 4.98. The first-order chi connectivity index (χ1) is 13.5. The van der Waals surface area contributed by atoms with Crippen LogP contribution in [0.25, 0.3) is 0 Å². The minimum atomic E-state index is -0.206. The van der Waals surface area contributed by atoms with Crippen molar-refractivity contribution in [2.75, 3.05) is 19.6 Å². The van der Waals surface area contributed by atoms with Gasteiger partial charge in [-0.1, -0.05) is 32.9 Å². The zero-order valence-corrected chi connectivity index (χ0v) is 17.1. The summed E-state index contributed by atoms with van der Waals surface area (Å²) in [5.41, 5.74) is 1.11. The fourth-order valence-corrected chi connectivity index (χ4v) is 3.99. The Morgan fingerprint density at radius 2 is 2.00 bits per heavy atom. The van der Waals surface area contributed by atoms with E-state index in [0.717, 1.165) is 50.4 Å². The molecule has 152 valence electrons. The maximum absolute atomic E-state index is 13.2. The van der Waals surface area contributed by atoms with Crippen molar-refractivity contribution in [2.45, 2.75) is 52.7 Å². The molecule has 1 saturated heterocycles. The molecule has 1 aliphatic heterocycles. The molecular formula is C22H31FN4O. The molecule has 1 aliphatic rings. The first kappa shape index (κ1) is 20.5. The van der Waals surface area contributed by atoms with Gasteiger partial charge in [-0.2, -0.15) is 0 Å². The van der Waals surface area contributed by atoms with Gasteiger partial charge in [0.05, 0.1) is 0 Å². The molecule has 1 atom stereocenters. The van der Waals surface area contributed by atoms with Crippen LogP contribution in [0.4, 0.5) is 4.39 Å². The van der Waals surface area contributed by atoms with Gasteiger partial charge in [-0.25, -0.2) is 9.37 Å². The van der Waals surface area contributed by atoms with Crippen LogP contribution in [0.5, 0.6) is 0 Å². The van der Waals surface area contributed by atoms with Crippen molar-refractivity contribution in [3.8, 4) is 0 Å². The molecule has 0 N–H and O–H groups in total. The minimum Gasteiger partial charge on any atom is -0.340 e. The van der Waals surface area contributed by atoms with Crippen LogP contribution in [0.3, 0.4) is 0 Å². The molecule has 0 radical (unpaired) electrons. The second-order valence-corrected chi connectivity index (χ2v) is 7.93. The van der Waals surface area contributed by atoms with E-state index in [1.54, 1.807) is 6.20 Å². The zero-order chi connectivity index (χ0) is 20.1. The van der Waals surface area contributed by atoms with Gasteiger partial charge in [-0.15, -0.1) is 0 Å². The second kappa shape index (κ2) is 9.32. The Bertz CT molecular complexity index is 771. The van der Waals surface area contributed by atoms with Gasteiger partial charge in [0.15, 0.2) is 0 Å². The van der Waals surface area contributed by atoms with Crippen molar-refractivity contribution in [3.63, 3.8) is 0 Å². The molecule has 2 heterocycles. The Labute approximate surface area is 167 Å². The number of carbonyl (C=O) groups is 1. The number of imidazole rings is 1. The molecule has 0 saturated carbocycles. The number of benzene rings is 1. The van der Waals surface area contributed by atoms with E-state index in [0.29, 0.717) is 12.5 Å². The lowest BCUT2D eigenvalue weighted by molar-refractivity contribution is -0.132. The summed E-state index contributed by atoms with van der Waals surface area (Å²) in [6.45, 7) is 10.1. The standard InChI is InChI=1S/C22H31FN4O/c1-4-21-24-10-13-26(21)16-22(28)27-12-5-11-25(20(15-27)17(2)3)14-18-6-8-19(23)9-7-18/h6-10,13,17,20H,4-5,11-12,14-16H2,1-3H3. The Morgan fingerprint density at radius 3 is 2.68 bits per heavy atom. The third-order valence-electron chi connectivity index (χ3n) is 5.59. The largest absolute Gasteiger partial charge is 0.340 e. The molecule has 0 spiro atoms. The van der Waals surface area contributed by atoms with Crippen molar-refractivity contribution in [2.24, 2.45) is 5.92 Å². The van der Waals surface area contributed by atoms with Crippen LogP contribution in [0.1, 0.15) is 38.6 Å². The summed E-state index contributed by atoms with van der Waals surface area (Å²) in [6, 6.07) is 7.02. The van der Waals surface area contributed by atoms with E-state index in [1.165, 1.54) is 12.1 Å². The molecule has 3 rings (SSSR count). The lowest BCUT2D eigenvalue weighted by atomic mass is 10.0. The zero-order valence-electron chi connectivity index (χ0n) is 17.1. The highest BCUT2D eigenvalue weighted by molar-refractivity contribution is 5.76. The number of aromatic nitrogens is 2. The maximum atomic E-state index is 13.2. The van der Waals surface area contributed by atoms with E-state index in [4.69, 9.17) is 0 Å². The average molecular weight is 387 g/mol. The van der Waals surface area contributed by atoms with E-state index in [-0.39, 0.29) is 17.8 Å². The number of rotatable bonds is 6. The van der Waals surface area contributed by atoms with Gasteiger partial charge < -0.3 is 9.47 Å². The average Bonchev–Trinajstić information content (AvgIpc) is 3.00. The topological polar surface area (TPSA) is 41.4 Å². The Hall–Kier alpha value is -2.21. The summed E-state index contributed by atoms with van der Waals surface area (Å²) < 4.78 is 15.2. The van der Waals surface area contributed by atoms with E-state index >= 15 is 0 Å². The third-order valence-corrected chi connectivity index (χ3v) is 5.59. The quantitative estimate of drug-likeness (QED) is 0.765. The molecule has 0 aliphatic carbocycles. The second-order valence-electron chi connectivity index (χ2n) is 7.93. The van der Waals surface area contributed by atoms with Gasteiger partial charge >= 0.3 is 0 Å². The lowest BCUT2D eigenvalue weighted by Crippen LogP contribution is -2.46. The molecule has 1 aromatic carbocycles. The Kier molecular flexibility index (Phi) is 6.83. The number of hydrogen-bond acceptors (Lipinski definition) is 3. The molecule has 5 nitrogen and oxygen atoms in total. The van der Waals surface area contributed by atoms with Gasteiger partial charge in [-0.05, 0) is 30.0 Å². The number of aryl methyl sites for hydroxylation is 1. The van der Waals surface area contributed by atoms with Crippen LogP contribution in [0, 0.1) is 11.7 Å². The molecule has 1 fully saturated rings. The molecule has 28 heavy (non-hydrogen) atoms. The molecule has 2 aromatic rings. The Balaban J connectivity index is 1.69. The van der Waals surface area contributed by atoms with Crippen molar-refractivity contribution >= 4 is 5.91 Å². The van der Waals surface area contributed by atoms with E-state index in [2.05, 4.69) is 30.7 Å². The minimum absolute atomic E-state index is 0.155. The van der Waals surface area contributed by atoms with E-state index in [1.807, 2.05) is 27.8 Å². The fraction of sp³-hybridized carbons (Fsp3) is 0.545. The number of halogens is 1. The first-order valence-electron chi connectivity index (χ1n) is 10.2. The molecular weight excluding hydrogens is 355 g/mol. The van der Waals surface area contributed by atoms with Crippen molar-refractivity contribution < 1.29 is 9.18 Å². The lowest BCUT2D eigenvalue weighted by Gasteiger charge is -2.34. The summed E-state index contributed by atoms with van der Waals surface area (Å²) in [6.07, 6.45) is 5.41.